The maximum Gasteiger partial charge on any atom is 0.251 e. The quantitative estimate of drug-likeness (QED) is 0.817. The minimum Gasteiger partial charge on any atom is -0.310 e. The highest BCUT2D eigenvalue weighted by Gasteiger charge is 2.20. The number of hydrogen-bond acceptors (Lipinski definition) is 2. The third-order valence-corrected chi connectivity index (χ3v) is 2.76. The Morgan fingerprint density at radius 2 is 1.75 bits per heavy atom. The molecule has 2 aromatic rings. The summed E-state index contributed by atoms with van der Waals surface area (Å²) in [6, 6.07) is 2.90. The molecule has 2 rings (SSSR count). The highest BCUT2D eigenvalue weighted by atomic mass is 19.2. The predicted octanol–water partition coefficient (Wildman–Crippen LogP) is 3.15. The van der Waals surface area contributed by atoms with Gasteiger partial charge in [0.2, 0.25) is 0 Å². The summed E-state index contributed by atoms with van der Waals surface area (Å²) in [6.07, 6.45) is 0. The molecule has 106 valence electrons. The summed E-state index contributed by atoms with van der Waals surface area (Å²) in [6.45, 7) is 5.45. The number of halogens is 3. The van der Waals surface area contributed by atoms with Gasteiger partial charge in [-0.3, -0.25) is 4.79 Å². The molecule has 0 aliphatic rings. The molecule has 0 bridgehead atoms. The number of nitrogens with zero attached hydrogens (tertiary/aromatic N) is 1. The van der Waals surface area contributed by atoms with Gasteiger partial charge in [-0.2, -0.15) is 0 Å². The SMILES string of the molecule is CC(C)(C)c1nc(-c2ccc(F)c(F)c2F)cc(=O)[nH]1. The first kappa shape index (κ1) is 14.3. The summed E-state index contributed by atoms with van der Waals surface area (Å²) in [5, 5.41) is 0. The molecule has 0 saturated carbocycles. The zero-order valence-corrected chi connectivity index (χ0v) is 11.2. The van der Waals surface area contributed by atoms with Gasteiger partial charge in [0.25, 0.3) is 5.56 Å². The summed E-state index contributed by atoms with van der Waals surface area (Å²) in [5.41, 5.74) is -1.23. The largest absolute Gasteiger partial charge is 0.310 e. The van der Waals surface area contributed by atoms with E-state index in [1.807, 2.05) is 20.8 Å². The number of aromatic amines is 1. The standard InChI is InChI=1S/C14H13F3N2O/c1-14(2,3)13-18-9(6-10(20)19-13)7-4-5-8(15)12(17)11(7)16/h4-6H,1-3H3,(H,18,19,20). The molecular formula is C14H13F3N2O. The maximum atomic E-state index is 13.7. The Bertz CT molecular complexity index is 717. The zero-order chi connectivity index (χ0) is 15.1. The van der Waals surface area contributed by atoms with E-state index in [1.54, 1.807) is 0 Å². The summed E-state index contributed by atoms with van der Waals surface area (Å²) in [7, 11) is 0. The molecule has 3 nitrogen and oxygen atoms in total. The van der Waals surface area contributed by atoms with Crippen molar-refractivity contribution in [3.63, 3.8) is 0 Å². The fourth-order valence-electron chi connectivity index (χ4n) is 1.67. The molecule has 0 saturated heterocycles. The molecule has 6 heteroatoms. The van der Waals surface area contributed by atoms with Crippen LogP contribution >= 0.6 is 0 Å². The molecule has 0 aliphatic heterocycles. The van der Waals surface area contributed by atoms with Crippen molar-refractivity contribution in [3.8, 4) is 11.3 Å². The first-order chi connectivity index (χ1) is 9.20. The lowest BCUT2D eigenvalue weighted by Gasteiger charge is -2.17. The molecule has 0 atom stereocenters. The Hall–Kier alpha value is -2.11. The van der Waals surface area contributed by atoms with Crippen LogP contribution in [0.15, 0.2) is 23.0 Å². The van der Waals surface area contributed by atoms with E-state index < -0.39 is 28.4 Å². The van der Waals surface area contributed by atoms with Crippen LogP contribution in [0, 0.1) is 17.5 Å². The van der Waals surface area contributed by atoms with Gasteiger partial charge in [0, 0.05) is 17.0 Å². The molecule has 0 amide bonds. The summed E-state index contributed by atoms with van der Waals surface area (Å²) in [4.78, 5) is 18.3. The van der Waals surface area contributed by atoms with Gasteiger partial charge >= 0.3 is 0 Å². The Balaban J connectivity index is 2.68. The van der Waals surface area contributed by atoms with Gasteiger partial charge in [0.15, 0.2) is 17.5 Å². The van der Waals surface area contributed by atoms with Crippen LogP contribution in [0.1, 0.15) is 26.6 Å². The number of rotatable bonds is 1. The van der Waals surface area contributed by atoms with Gasteiger partial charge in [0.1, 0.15) is 5.82 Å². The molecule has 20 heavy (non-hydrogen) atoms. The summed E-state index contributed by atoms with van der Waals surface area (Å²) in [5.74, 6) is -3.89. The topological polar surface area (TPSA) is 45.8 Å². The molecule has 1 N–H and O–H groups in total. The number of aromatic nitrogens is 2. The van der Waals surface area contributed by atoms with E-state index in [1.165, 1.54) is 0 Å². The van der Waals surface area contributed by atoms with Crippen LogP contribution in [0.25, 0.3) is 11.3 Å². The number of nitrogens with one attached hydrogen (secondary N) is 1. The third kappa shape index (κ3) is 2.59. The highest BCUT2D eigenvalue weighted by molar-refractivity contribution is 5.59. The van der Waals surface area contributed by atoms with Crippen LogP contribution in [0.4, 0.5) is 13.2 Å². The van der Waals surface area contributed by atoms with E-state index in [2.05, 4.69) is 9.97 Å². The molecule has 1 aromatic heterocycles. The van der Waals surface area contributed by atoms with E-state index in [9.17, 15) is 18.0 Å². The van der Waals surface area contributed by atoms with E-state index in [4.69, 9.17) is 0 Å². The Labute approximate surface area is 113 Å². The van der Waals surface area contributed by atoms with Crippen LogP contribution in [0.5, 0.6) is 0 Å². The molecular weight excluding hydrogens is 269 g/mol. The second-order valence-electron chi connectivity index (χ2n) is 5.45. The van der Waals surface area contributed by atoms with Crippen molar-refractivity contribution in [2.24, 2.45) is 0 Å². The number of H-pyrrole nitrogens is 1. The van der Waals surface area contributed by atoms with E-state index >= 15 is 0 Å². The molecule has 0 spiro atoms. The van der Waals surface area contributed by atoms with Crippen molar-refractivity contribution < 1.29 is 13.2 Å². The highest BCUT2D eigenvalue weighted by Crippen LogP contribution is 2.25. The minimum absolute atomic E-state index is 0.0323. The van der Waals surface area contributed by atoms with Crippen LogP contribution in [0.3, 0.4) is 0 Å². The lowest BCUT2D eigenvalue weighted by Crippen LogP contribution is -2.22. The zero-order valence-electron chi connectivity index (χ0n) is 11.2. The van der Waals surface area contributed by atoms with Crippen molar-refractivity contribution in [1.29, 1.82) is 0 Å². The second-order valence-corrected chi connectivity index (χ2v) is 5.45. The van der Waals surface area contributed by atoms with Crippen LogP contribution < -0.4 is 5.56 Å². The summed E-state index contributed by atoms with van der Waals surface area (Å²) >= 11 is 0. The average molecular weight is 282 g/mol. The molecule has 1 heterocycles. The first-order valence-electron chi connectivity index (χ1n) is 5.96. The first-order valence-corrected chi connectivity index (χ1v) is 5.96. The van der Waals surface area contributed by atoms with E-state index in [0.717, 1.165) is 18.2 Å². The van der Waals surface area contributed by atoms with Crippen molar-refractivity contribution in [2.45, 2.75) is 26.2 Å². The van der Waals surface area contributed by atoms with Crippen molar-refractivity contribution in [3.05, 3.63) is 51.8 Å². The smallest absolute Gasteiger partial charge is 0.251 e. The lowest BCUT2D eigenvalue weighted by atomic mass is 9.95. The monoisotopic (exact) mass is 282 g/mol. The normalized spacial score (nSPS) is 11.7. The maximum absolute atomic E-state index is 13.7. The molecule has 1 aromatic carbocycles. The van der Waals surface area contributed by atoms with Gasteiger partial charge in [-0.15, -0.1) is 0 Å². The number of hydrogen-bond donors (Lipinski definition) is 1. The van der Waals surface area contributed by atoms with Crippen LogP contribution in [-0.4, -0.2) is 9.97 Å². The Kier molecular flexibility index (Phi) is 3.41. The van der Waals surface area contributed by atoms with Crippen molar-refractivity contribution in [2.75, 3.05) is 0 Å². The molecule has 0 fully saturated rings. The van der Waals surface area contributed by atoms with E-state index in [0.29, 0.717) is 5.82 Å². The van der Waals surface area contributed by atoms with Crippen molar-refractivity contribution >= 4 is 0 Å². The number of benzene rings is 1. The molecule has 0 radical (unpaired) electrons. The van der Waals surface area contributed by atoms with Gasteiger partial charge in [0.05, 0.1) is 5.69 Å². The molecule has 0 aliphatic carbocycles. The molecule has 0 unspecified atom stereocenters. The van der Waals surface area contributed by atoms with E-state index in [-0.39, 0.29) is 11.3 Å². The van der Waals surface area contributed by atoms with Crippen LogP contribution in [0.2, 0.25) is 0 Å². The predicted molar refractivity (Wildman–Crippen MR) is 68.9 cm³/mol. The summed E-state index contributed by atoms with van der Waals surface area (Å²) < 4.78 is 39.9. The van der Waals surface area contributed by atoms with Crippen molar-refractivity contribution in [1.82, 2.24) is 9.97 Å². The third-order valence-electron chi connectivity index (χ3n) is 2.76. The van der Waals surface area contributed by atoms with Gasteiger partial charge in [-0.25, -0.2) is 18.2 Å². The Morgan fingerprint density at radius 1 is 1.10 bits per heavy atom. The van der Waals surface area contributed by atoms with Gasteiger partial charge in [-0.05, 0) is 12.1 Å². The van der Waals surface area contributed by atoms with Gasteiger partial charge < -0.3 is 4.98 Å². The van der Waals surface area contributed by atoms with Crippen LogP contribution in [-0.2, 0) is 5.41 Å². The average Bonchev–Trinajstić information content (AvgIpc) is 2.34. The minimum atomic E-state index is -1.58. The Morgan fingerprint density at radius 3 is 2.35 bits per heavy atom. The second kappa shape index (κ2) is 4.77. The fourth-order valence-corrected chi connectivity index (χ4v) is 1.67. The van der Waals surface area contributed by atoms with Gasteiger partial charge in [-0.1, -0.05) is 20.8 Å². The lowest BCUT2D eigenvalue weighted by molar-refractivity contribution is 0.448. The fraction of sp³-hybridized carbons (Fsp3) is 0.286.